The van der Waals surface area contributed by atoms with Crippen LogP contribution < -0.4 is 4.74 Å². The monoisotopic (exact) mass is 332 g/mol. The van der Waals surface area contributed by atoms with Crippen LogP contribution in [0.4, 0.5) is 0 Å². The van der Waals surface area contributed by atoms with E-state index in [2.05, 4.69) is 26.8 Å². The van der Waals surface area contributed by atoms with E-state index in [0.29, 0.717) is 5.75 Å². The van der Waals surface area contributed by atoms with Crippen molar-refractivity contribution < 1.29 is 14.9 Å². The van der Waals surface area contributed by atoms with Crippen LogP contribution in [0.25, 0.3) is 0 Å². The Labute approximate surface area is 146 Å². The second-order valence-electron chi connectivity index (χ2n) is 8.29. The molecule has 1 aliphatic heterocycles. The average molecular weight is 332 g/mol. The van der Waals surface area contributed by atoms with Gasteiger partial charge in [0.15, 0.2) is 0 Å². The molecule has 3 nitrogen and oxygen atoms in total. The molecule has 1 fully saturated rings. The SMILES string of the molecule is CCCCCCC(C)(C)c1cc(O)c2c(c1)OC1C(O)CCCC21. The number of hydrogen-bond acceptors (Lipinski definition) is 3. The first kappa shape index (κ1) is 17.6. The number of phenols is 1. The molecule has 0 amide bonds. The van der Waals surface area contributed by atoms with E-state index in [-0.39, 0.29) is 17.4 Å². The van der Waals surface area contributed by atoms with Crippen LogP contribution in [0.3, 0.4) is 0 Å². The lowest BCUT2D eigenvalue weighted by Gasteiger charge is -2.29. The van der Waals surface area contributed by atoms with E-state index < -0.39 is 6.10 Å². The number of rotatable bonds is 6. The maximum Gasteiger partial charge on any atom is 0.132 e. The van der Waals surface area contributed by atoms with E-state index in [9.17, 15) is 10.2 Å². The van der Waals surface area contributed by atoms with Gasteiger partial charge in [-0.05, 0) is 48.8 Å². The summed E-state index contributed by atoms with van der Waals surface area (Å²) in [6, 6.07) is 4.05. The van der Waals surface area contributed by atoms with Crippen LogP contribution in [0.15, 0.2) is 12.1 Å². The summed E-state index contributed by atoms with van der Waals surface area (Å²) >= 11 is 0. The third-order valence-electron chi connectivity index (χ3n) is 5.98. The Bertz CT molecular complexity index is 579. The van der Waals surface area contributed by atoms with Gasteiger partial charge in [0.2, 0.25) is 0 Å². The van der Waals surface area contributed by atoms with Crippen LogP contribution in [0, 0.1) is 0 Å². The smallest absolute Gasteiger partial charge is 0.132 e. The molecule has 0 aromatic heterocycles. The zero-order valence-electron chi connectivity index (χ0n) is 15.3. The summed E-state index contributed by atoms with van der Waals surface area (Å²) in [7, 11) is 0. The Hall–Kier alpha value is -1.22. The van der Waals surface area contributed by atoms with Crippen LogP contribution >= 0.6 is 0 Å². The molecule has 1 saturated carbocycles. The lowest BCUT2D eigenvalue weighted by Crippen LogP contribution is -2.36. The highest BCUT2D eigenvalue weighted by Gasteiger charge is 2.43. The van der Waals surface area contributed by atoms with Crippen LogP contribution in [-0.2, 0) is 5.41 Å². The highest BCUT2D eigenvalue weighted by Crippen LogP contribution is 2.51. The molecule has 1 aliphatic carbocycles. The molecule has 0 saturated heterocycles. The van der Waals surface area contributed by atoms with Crippen molar-refractivity contribution in [1.29, 1.82) is 0 Å². The number of aliphatic hydroxyl groups excluding tert-OH is 1. The fourth-order valence-electron chi connectivity index (χ4n) is 4.37. The molecule has 3 heteroatoms. The first-order valence-corrected chi connectivity index (χ1v) is 9.66. The van der Waals surface area contributed by atoms with E-state index in [1.165, 1.54) is 25.7 Å². The number of ether oxygens (including phenoxy) is 1. The standard InChI is InChI=1S/C21H32O3/c1-4-5-6-7-11-21(2,3)14-12-17(23)19-15-9-8-10-16(22)20(15)24-18(19)13-14/h12-13,15-16,20,22-23H,4-11H2,1-3H3. The van der Waals surface area contributed by atoms with Crippen molar-refractivity contribution in [1.82, 2.24) is 0 Å². The van der Waals surface area contributed by atoms with Crippen LogP contribution in [0.5, 0.6) is 11.5 Å². The lowest BCUT2D eigenvalue weighted by molar-refractivity contribution is 0.00919. The highest BCUT2D eigenvalue weighted by molar-refractivity contribution is 5.54. The number of phenolic OH excluding ortho intramolecular Hbond substituents is 1. The van der Waals surface area contributed by atoms with Gasteiger partial charge in [0.25, 0.3) is 0 Å². The van der Waals surface area contributed by atoms with Crippen LogP contribution in [0.1, 0.15) is 89.2 Å². The third kappa shape index (κ3) is 3.28. The zero-order chi connectivity index (χ0) is 17.3. The van der Waals surface area contributed by atoms with Gasteiger partial charge in [-0.1, -0.05) is 46.5 Å². The van der Waals surface area contributed by atoms with Gasteiger partial charge in [0, 0.05) is 11.5 Å². The van der Waals surface area contributed by atoms with E-state index in [4.69, 9.17) is 4.74 Å². The van der Waals surface area contributed by atoms with Crippen LogP contribution in [-0.4, -0.2) is 22.4 Å². The molecule has 2 N–H and O–H groups in total. The molecule has 24 heavy (non-hydrogen) atoms. The van der Waals surface area contributed by atoms with Crippen molar-refractivity contribution in [2.45, 2.75) is 95.7 Å². The van der Waals surface area contributed by atoms with Gasteiger partial charge in [-0.25, -0.2) is 0 Å². The van der Waals surface area contributed by atoms with Crippen molar-refractivity contribution in [3.8, 4) is 11.5 Å². The largest absolute Gasteiger partial charge is 0.508 e. The second-order valence-corrected chi connectivity index (χ2v) is 8.29. The topological polar surface area (TPSA) is 49.7 Å². The summed E-state index contributed by atoms with van der Waals surface area (Å²) in [6.07, 6.45) is 8.31. The maximum atomic E-state index is 10.6. The molecule has 0 spiro atoms. The van der Waals surface area contributed by atoms with Gasteiger partial charge in [0.1, 0.15) is 17.6 Å². The Balaban J connectivity index is 1.81. The minimum atomic E-state index is -0.416. The summed E-state index contributed by atoms with van der Waals surface area (Å²) < 4.78 is 6.07. The highest BCUT2D eigenvalue weighted by atomic mass is 16.5. The quantitative estimate of drug-likeness (QED) is 0.718. The summed E-state index contributed by atoms with van der Waals surface area (Å²) in [5, 5.41) is 20.9. The van der Waals surface area contributed by atoms with Crippen molar-refractivity contribution in [3.63, 3.8) is 0 Å². The first-order valence-electron chi connectivity index (χ1n) is 9.66. The number of benzene rings is 1. The van der Waals surface area contributed by atoms with Gasteiger partial charge >= 0.3 is 0 Å². The number of aromatic hydroxyl groups is 1. The molecule has 0 bridgehead atoms. The van der Waals surface area contributed by atoms with Crippen molar-refractivity contribution >= 4 is 0 Å². The Morgan fingerprint density at radius 2 is 1.96 bits per heavy atom. The van der Waals surface area contributed by atoms with Crippen molar-refractivity contribution in [2.75, 3.05) is 0 Å². The fraction of sp³-hybridized carbons (Fsp3) is 0.714. The Morgan fingerprint density at radius 1 is 1.17 bits per heavy atom. The normalized spacial score (nSPS) is 25.9. The number of aliphatic hydroxyl groups is 1. The zero-order valence-corrected chi connectivity index (χ0v) is 15.3. The number of hydrogen-bond donors (Lipinski definition) is 2. The molecule has 1 aromatic carbocycles. The Morgan fingerprint density at radius 3 is 2.71 bits per heavy atom. The van der Waals surface area contributed by atoms with E-state index >= 15 is 0 Å². The molecule has 1 heterocycles. The van der Waals surface area contributed by atoms with Crippen molar-refractivity contribution in [2.24, 2.45) is 0 Å². The van der Waals surface area contributed by atoms with Gasteiger partial charge in [0.05, 0.1) is 6.10 Å². The summed E-state index contributed by atoms with van der Waals surface area (Å²) in [5.74, 6) is 1.29. The third-order valence-corrected chi connectivity index (χ3v) is 5.98. The lowest BCUT2D eigenvalue weighted by atomic mass is 9.77. The summed E-state index contributed by atoms with van der Waals surface area (Å²) in [4.78, 5) is 0. The molecule has 3 atom stereocenters. The number of unbranched alkanes of at least 4 members (excludes halogenated alkanes) is 3. The van der Waals surface area contributed by atoms with Gasteiger partial charge < -0.3 is 14.9 Å². The Kier molecular flexibility index (Phi) is 5.10. The number of fused-ring (bicyclic) bond motifs is 3. The van der Waals surface area contributed by atoms with Crippen LogP contribution in [0.2, 0.25) is 0 Å². The maximum absolute atomic E-state index is 10.6. The molecule has 3 unspecified atom stereocenters. The summed E-state index contributed by atoms with van der Waals surface area (Å²) in [5.41, 5.74) is 2.09. The summed E-state index contributed by atoms with van der Waals surface area (Å²) in [6.45, 7) is 6.73. The molecule has 3 rings (SSSR count). The molecular formula is C21H32O3. The molecule has 134 valence electrons. The average Bonchev–Trinajstić information content (AvgIpc) is 2.92. The minimum absolute atomic E-state index is 0.0238. The molecule has 2 aliphatic rings. The van der Waals surface area contributed by atoms with E-state index in [0.717, 1.165) is 42.6 Å². The van der Waals surface area contributed by atoms with Gasteiger partial charge in [-0.2, -0.15) is 0 Å². The van der Waals surface area contributed by atoms with Gasteiger partial charge in [-0.15, -0.1) is 0 Å². The van der Waals surface area contributed by atoms with Gasteiger partial charge in [-0.3, -0.25) is 0 Å². The fourth-order valence-corrected chi connectivity index (χ4v) is 4.37. The molecule has 1 aromatic rings. The van der Waals surface area contributed by atoms with E-state index in [1.807, 2.05) is 6.07 Å². The molecular weight excluding hydrogens is 300 g/mol. The predicted molar refractivity (Wildman–Crippen MR) is 96.9 cm³/mol. The molecule has 0 radical (unpaired) electrons. The second kappa shape index (κ2) is 6.95. The first-order chi connectivity index (χ1) is 11.4. The van der Waals surface area contributed by atoms with E-state index in [1.54, 1.807) is 0 Å². The van der Waals surface area contributed by atoms with Crippen molar-refractivity contribution in [3.05, 3.63) is 23.3 Å². The predicted octanol–water partition coefficient (Wildman–Crippen LogP) is 5.03. The minimum Gasteiger partial charge on any atom is -0.508 e.